The van der Waals surface area contributed by atoms with E-state index >= 15 is 0 Å². The first-order chi connectivity index (χ1) is 15.8. The lowest BCUT2D eigenvalue weighted by Gasteiger charge is -2.08. The minimum atomic E-state index is -3.72. The number of hydrogen-bond donors (Lipinski definition) is 3. The van der Waals surface area contributed by atoms with Gasteiger partial charge in [0, 0.05) is 22.3 Å². The maximum Gasteiger partial charge on any atom is 0.272 e. The van der Waals surface area contributed by atoms with E-state index in [2.05, 4.69) is 19.8 Å². The van der Waals surface area contributed by atoms with Crippen molar-refractivity contribution in [2.24, 2.45) is 0 Å². The maximum atomic E-state index is 12.8. The first-order valence-electron chi connectivity index (χ1n) is 9.64. The fourth-order valence-electron chi connectivity index (χ4n) is 3.20. The molecule has 1 aromatic heterocycles. The molecule has 0 bridgehead atoms. The maximum absolute atomic E-state index is 12.8. The van der Waals surface area contributed by atoms with Crippen LogP contribution >= 0.6 is 0 Å². The smallest absolute Gasteiger partial charge is 0.272 e. The van der Waals surface area contributed by atoms with Crippen molar-refractivity contribution < 1.29 is 26.2 Å². The summed E-state index contributed by atoms with van der Waals surface area (Å²) in [6, 6.07) is 20.9. The molecule has 1 heterocycles. The van der Waals surface area contributed by atoms with Crippen molar-refractivity contribution in [2.75, 3.05) is 17.4 Å². The molecule has 11 heteroatoms. The van der Waals surface area contributed by atoms with Crippen molar-refractivity contribution in [2.45, 2.75) is 9.79 Å². The van der Waals surface area contributed by atoms with Crippen LogP contribution in [0, 0.1) is 0 Å². The lowest BCUT2D eigenvalue weighted by Crippen LogP contribution is -2.12. The van der Waals surface area contributed by atoms with Gasteiger partial charge >= 0.3 is 0 Å². The highest BCUT2D eigenvalue weighted by atomic mass is 32.2. The van der Waals surface area contributed by atoms with E-state index in [4.69, 9.17) is 0 Å². The Morgan fingerprint density at radius 3 is 2.45 bits per heavy atom. The van der Waals surface area contributed by atoms with Gasteiger partial charge in [0.2, 0.25) is 9.84 Å². The second-order valence-corrected chi connectivity index (χ2v) is 9.52. The average Bonchev–Trinajstić information content (AvgIpc) is 3.23. The molecule has 33 heavy (non-hydrogen) atoms. The molecule has 0 fully saturated rings. The van der Waals surface area contributed by atoms with Gasteiger partial charge in [-0.05, 0) is 48.5 Å². The van der Waals surface area contributed by atoms with Crippen LogP contribution in [0.1, 0.15) is 10.5 Å². The molecule has 0 radical (unpaired) electrons. The highest BCUT2D eigenvalue weighted by molar-refractivity contribution is 7.91. The Morgan fingerprint density at radius 2 is 1.70 bits per heavy atom. The number of aromatic nitrogens is 1. The third-order valence-corrected chi connectivity index (χ3v) is 6.83. The summed E-state index contributed by atoms with van der Waals surface area (Å²) in [6.07, 6.45) is 0. The molecule has 1 unspecified atom stereocenters. The van der Waals surface area contributed by atoms with Gasteiger partial charge in [0.05, 0.1) is 21.2 Å². The van der Waals surface area contributed by atoms with E-state index in [1.807, 2.05) is 0 Å². The van der Waals surface area contributed by atoms with Gasteiger partial charge < -0.3 is 20.2 Å². The van der Waals surface area contributed by atoms with E-state index in [-0.39, 0.29) is 22.2 Å². The Hall–Kier alpha value is -3.51. The predicted octanol–water partition coefficient (Wildman–Crippen LogP) is 3.43. The summed E-state index contributed by atoms with van der Waals surface area (Å²) in [6.45, 7) is -0.224. The monoisotopic (exact) mass is 484 g/mol. The Kier molecular flexibility index (Phi) is 6.56. The van der Waals surface area contributed by atoms with Crippen LogP contribution in [0.25, 0.3) is 10.9 Å². The molecule has 1 amide bonds. The standard InChI is InChI=1S/C22H19N3O6S2/c26-22(21-11-15-9-10-16(13-20(15)25-21)23-14-31-32(27)28)24-17-5-4-8-19(12-17)33(29,30)18-6-2-1-3-7-18/h1-13,23,25H,14H2,(H,24,26)(H,27,28)/p-1. The zero-order chi connectivity index (χ0) is 23.4. The average molecular weight is 485 g/mol. The van der Waals surface area contributed by atoms with Crippen LogP contribution in [0.4, 0.5) is 11.4 Å². The Labute approximate surface area is 192 Å². The van der Waals surface area contributed by atoms with Crippen molar-refractivity contribution >= 4 is 49.4 Å². The Morgan fingerprint density at radius 1 is 0.939 bits per heavy atom. The Bertz CT molecular complexity index is 1440. The molecule has 1 atom stereocenters. The highest BCUT2D eigenvalue weighted by Crippen LogP contribution is 2.24. The largest absolute Gasteiger partial charge is 0.750 e. The van der Waals surface area contributed by atoms with Gasteiger partial charge in [0.1, 0.15) is 12.4 Å². The fraction of sp³-hybridized carbons (Fsp3) is 0.0455. The van der Waals surface area contributed by atoms with Gasteiger partial charge in [-0.25, -0.2) is 12.6 Å². The van der Waals surface area contributed by atoms with Crippen LogP contribution in [0.2, 0.25) is 0 Å². The predicted molar refractivity (Wildman–Crippen MR) is 123 cm³/mol. The molecular weight excluding hydrogens is 466 g/mol. The number of benzene rings is 3. The van der Waals surface area contributed by atoms with Crippen LogP contribution in [0.3, 0.4) is 0 Å². The number of anilines is 2. The number of amides is 1. The van der Waals surface area contributed by atoms with E-state index in [0.29, 0.717) is 16.9 Å². The SMILES string of the molecule is O=C(Nc1cccc(S(=O)(=O)c2ccccc2)c1)c1cc2ccc(NCOS(=O)[O-])cc2[nH]1. The van der Waals surface area contributed by atoms with Gasteiger partial charge in [-0.1, -0.05) is 30.3 Å². The van der Waals surface area contributed by atoms with Crippen LogP contribution < -0.4 is 10.6 Å². The number of nitrogens with one attached hydrogen (secondary N) is 3. The number of rotatable bonds is 8. The number of fused-ring (bicyclic) bond motifs is 1. The van der Waals surface area contributed by atoms with Crippen molar-refractivity contribution in [1.29, 1.82) is 0 Å². The van der Waals surface area contributed by atoms with Crippen molar-refractivity contribution in [3.63, 3.8) is 0 Å². The van der Waals surface area contributed by atoms with Crippen LogP contribution in [0.15, 0.2) is 88.7 Å². The quantitative estimate of drug-likeness (QED) is 0.257. The lowest BCUT2D eigenvalue weighted by molar-refractivity contribution is 0.102. The molecule has 0 saturated heterocycles. The molecule has 4 rings (SSSR count). The first-order valence-corrected chi connectivity index (χ1v) is 12.1. The number of hydrogen-bond acceptors (Lipinski definition) is 7. The number of aromatic amines is 1. The van der Waals surface area contributed by atoms with E-state index in [0.717, 1.165) is 5.39 Å². The van der Waals surface area contributed by atoms with E-state index in [9.17, 15) is 22.0 Å². The third kappa shape index (κ3) is 5.29. The van der Waals surface area contributed by atoms with Crippen molar-refractivity contribution in [1.82, 2.24) is 4.98 Å². The summed E-state index contributed by atoms with van der Waals surface area (Å²) >= 11 is -2.62. The van der Waals surface area contributed by atoms with Gasteiger partial charge in [-0.3, -0.25) is 8.98 Å². The van der Waals surface area contributed by atoms with Gasteiger partial charge in [-0.2, -0.15) is 0 Å². The van der Waals surface area contributed by atoms with Crippen LogP contribution in [-0.2, 0) is 25.4 Å². The van der Waals surface area contributed by atoms with E-state index in [1.165, 1.54) is 24.3 Å². The summed E-state index contributed by atoms with van der Waals surface area (Å²) in [5.41, 5.74) is 1.85. The summed E-state index contributed by atoms with van der Waals surface area (Å²) < 4.78 is 51.0. The molecule has 0 saturated carbocycles. The van der Waals surface area contributed by atoms with Crippen LogP contribution in [0.5, 0.6) is 0 Å². The van der Waals surface area contributed by atoms with Gasteiger partial charge in [-0.15, -0.1) is 0 Å². The summed E-state index contributed by atoms with van der Waals surface area (Å²) in [7, 11) is -3.72. The zero-order valence-electron chi connectivity index (χ0n) is 17.0. The molecule has 4 aromatic rings. The van der Waals surface area contributed by atoms with Crippen molar-refractivity contribution in [3.8, 4) is 0 Å². The molecule has 0 aliphatic heterocycles. The number of sulfone groups is 1. The van der Waals surface area contributed by atoms with Gasteiger partial charge in [0.15, 0.2) is 0 Å². The molecule has 9 nitrogen and oxygen atoms in total. The topological polar surface area (TPSA) is 140 Å². The highest BCUT2D eigenvalue weighted by Gasteiger charge is 2.18. The molecule has 170 valence electrons. The molecule has 3 N–H and O–H groups in total. The summed E-state index contributed by atoms with van der Waals surface area (Å²) in [5, 5.41) is 6.26. The first kappa shape index (κ1) is 22.7. The van der Waals surface area contributed by atoms with Crippen LogP contribution in [-0.4, -0.2) is 34.8 Å². The molecule has 3 aromatic carbocycles. The number of carbonyl (C=O) groups excluding carboxylic acids is 1. The van der Waals surface area contributed by atoms with E-state index in [1.54, 1.807) is 54.6 Å². The van der Waals surface area contributed by atoms with E-state index < -0.39 is 27.1 Å². The second kappa shape index (κ2) is 9.55. The number of carbonyl (C=O) groups is 1. The minimum Gasteiger partial charge on any atom is -0.750 e. The molecule has 0 spiro atoms. The lowest BCUT2D eigenvalue weighted by atomic mass is 10.2. The molecule has 0 aliphatic carbocycles. The molecular formula is C22H18N3O6S2-. The Balaban J connectivity index is 1.51. The van der Waals surface area contributed by atoms with Gasteiger partial charge in [0.25, 0.3) is 5.91 Å². The minimum absolute atomic E-state index is 0.0695. The zero-order valence-corrected chi connectivity index (χ0v) is 18.6. The summed E-state index contributed by atoms with van der Waals surface area (Å²) in [5.74, 6) is -0.444. The number of H-pyrrole nitrogens is 1. The van der Waals surface area contributed by atoms with Crippen molar-refractivity contribution in [3.05, 3.63) is 84.6 Å². The second-order valence-electron chi connectivity index (χ2n) is 6.93. The third-order valence-electron chi connectivity index (χ3n) is 4.75. The normalized spacial score (nSPS) is 12.4. The molecule has 0 aliphatic rings. The summed E-state index contributed by atoms with van der Waals surface area (Å²) in [4.78, 5) is 16.0. The fourth-order valence-corrected chi connectivity index (χ4v) is 4.68.